The summed E-state index contributed by atoms with van der Waals surface area (Å²) in [6, 6.07) is 7.45. The summed E-state index contributed by atoms with van der Waals surface area (Å²) >= 11 is 0. The topological polar surface area (TPSA) is 77.6 Å². The molecule has 0 saturated carbocycles. The maximum atomic E-state index is 8.75. The summed E-state index contributed by atoms with van der Waals surface area (Å²) in [7, 11) is 0. The van der Waals surface area contributed by atoms with E-state index >= 15 is 0 Å². The van der Waals surface area contributed by atoms with Gasteiger partial charge in [0.2, 0.25) is 11.8 Å². The van der Waals surface area contributed by atoms with Crippen LogP contribution in [0.25, 0.3) is 0 Å². The number of aromatic nitrogens is 2. The SMILES string of the molecule is CCOc1ccc(OCCc2nnc(CCO)o2)cc1. The number of benzene rings is 1. The van der Waals surface area contributed by atoms with Crippen molar-refractivity contribution in [3.63, 3.8) is 0 Å². The predicted molar refractivity (Wildman–Crippen MR) is 71.9 cm³/mol. The van der Waals surface area contributed by atoms with Gasteiger partial charge in [-0.3, -0.25) is 0 Å². The molecule has 6 nitrogen and oxygen atoms in total. The standard InChI is InChI=1S/C14H18N2O4/c1-2-18-11-3-5-12(6-4-11)19-10-8-14-16-15-13(20-14)7-9-17/h3-6,17H,2,7-10H2,1H3. The van der Waals surface area contributed by atoms with Gasteiger partial charge in [-0.05, 0) is 31.2 Å². The lowest BCUT2D eigenvalue weighted by molar-refractivity contribution is 0.277. The van der Waals surface area contributed by atoms with Crippen LogP contribution in [-0.4, -0.2) is 35.1 Å². The van der Waals surface area contributed by atoms with Gasteiger partial charge >= 0.3 is 0 Å². The van der Waals surface area contributed by atoms with E-state index in [9.17, 15) is 0 Å². The van der Waals surface area contributed by atoms with Crippen molar-refractivity contribution in [3.8, 4) is 11.5 Å². The van der Waals surface area contributed by atoms with Crippen LogP contribution >= 0.6 is 0 Å². The van der Waals surface area contributed by atoms with Crippen LogP contribution in [0.15, 0.2) is 28.7 Å². The molecule has 0 bridgehead atoms. The van der Waals surface area contributed by atoms with Crippen LogP contribution in [-0.2, 0) is 12.8 Å². The summed E-state index contributed by atoms with van der Waals surface area (Å²) in [4.78, 5) is 0. The number of aliphatic hydroxyl groups is 1. The smallest absolute Gasteiger partial charge is 0.219 e. The number of rotatable bonds is 8. The minimum absolute atomic E-state index is 0.00428. The second kappa shape index (κ2) is 7.49. The van der Waals surface area contributed by atoms with Crippen LogP contribution in [0.1, 0.15) is 18.7 Å². The first-order valence-electron chi connectivity index (χ1n) is 6.59. The highest BCUT2D eigenvalue weighted by Crippen LogP contribution is 2.17. The quantitative estimate of drug-likeness (QED) is 0.790. The van der Waals surface area contributed by atoms with Crippen molar-refractivity contribution in [1.29, 1.82) is 0 Å². The molecule has 0 aliphatic heterocycles. The molecular weight excluding hydrogens is 260 g/mol. The summed E-state index contributed by atoms with van der Waals surface area (Å²) < 4.78 is 16.3. The summed E-state index contributed by atoms with van der Waals surface area (Å²) in [6.07, 6.45) is 0.915. The minimum atomic E-state index is 0.00428. The molecule has 0 fully saturated rings. The molecule has 1 N–H and O–H groups in total. The predicted octanol–water partition coefficient (Wildman–Crippen LogP) is 1.62. The average Bonchev–Trinajstić information content (AvgIpc) is 2.89. The molecule has 1 aromatic heterocycles. The minimum Gasteiger partial charge on any atom is -0.494 e. The van der Waals surface area contributed by atoms with Crippen LogP contribution in [0.5, 0.6) is 11.5 Å². The molecule has 20 heavy (non-hydrogen) atoms. The molecule has 0 aliphatic rings. The second-order valence-electron chi connectivity index (χ2n) is 4.07. The molecule has 0 saturated heterocycles. The molecule has 2 aromatic rings. The van der Waals surface area contributed by atoms with Gasteiger partial charge in [0.1, 0.15) is 11.5 Å². The Kier molecular flexibility index (Phi) is 5.37. The van der Waals surface area contributed by atoms with Crippen molar-refractivity contribution in [3.05, 3.63) is 36.0 Å². The molecule has 0 atom stereocenters. The molecule has 0 amide bonds. The fraction of sp³-hybridized carbons (Fsp3) is 0.429. The van der Waals surface area contributed by atoms with Gasteiger partial charge < -0.3 is 19.0 Å². The Morgan fingerprint density at radius 1 is 1.00 bits per heavy atom. The van der Waals surface area contributed by atoms with Gasteiger partial charge in [0, 0.05) is 6.42 Å². The Morgan fingerprint density at radius 3 is 2.20 bits per heavy atom. The molecule has 1 heterocycles. The van der Waals surface area contributed by atoms with Gasteiger partial charge in [-0.1, -0.05) is 0 Å². The Hall–Kier alpha value is -2.08. The number of nitrogens with zero attached hydrogens (tertiary/aromatic N) is 2. The maximum absolute atomic E-state index is 8.75. The number of hydrogen-bond donors (Lipinski definition) is 1. The lowest BCUT2D eigenvalue weighted by Crippen LogP contribution is -2.01. The van der Waals surface area contributed by atoms with Crippen LogP contribution < -0.4 is 9.47 Å². The summed E-state index contributed by atoms with van der Waals surface area (Å²) in [5.41, 5.74) is 0. The second-order valence-corrected chi connectivity index (χ2v) is 4.07. The largest absolute Gasteiger partial charge is 0.494 e. The fourth-order valence-electron chi connectivity index (χ4n) is 1.64. The molecule has 108 valence electrons. The Bertz CT molecular complexity index is 510. The molecule has 0 unspecified atom stereocenters. The van der Waals surface area contributed by atoms with E-state index in [1.807, 2.05) is 31.2 Å². The summed E-state index contributed by atoms with van der Waals surface area (Å²) in [5.74, 6) is 2.55. The average molecular weight is 278 g/mol. The van der Waals surface area contributed by atoms with E-state index in [1.165, 1.54) is 0 Å². The molecular formula is C14H18N2O4. The molecule has 1 aromatic carbocycles. The van der Waals surface area contributed by atoms with Gasteiger partial charge in [-0.25, -0.2) is 0 Å². The lowest BCUT2D eigenvalue weighted by Gasteiger charge is -2.06. The third-order valence-electron chi connectivity index (χ3n) is 2.55. The summed E-state index contributed by atoms with van der Waals surface area (Å²) in [5, 5.41) is 16.4. The Morgan fingerprint density at radius 2 is 1.60 bits per heavy atom. The van der Waals surface area contributed by atoms with Crippen molar-refractivity contribution in [2.45, 2.75) is 19.8 Å². The molecule has 0 spiro atoms. The van der Waals surface area contributed by atoms with Gasteiger partial charge in [-0.2, -0.15) is 0 Å². The zero-order valence-electron chi connectivity index (χ0n) is 11.4. The first-order valence-corrected chi connectivity index (χ1v) is 6.59. The van der Waals surface area contributed by atoms with Gasteiger partial charge in [-0.15, -0.1) is 10.2 Å². The highest BCUT2D eigenvalue weighted by atomic mass is 16.5. The van der Waals surface area contributed by atoms with Crippen LogP contribution in [0.2, 0.25) is 0 Å². The van der Waals surface area contributed by atoms with Crippen molar-refractivity contribution in [2.24, 2.45) is 0 Å². The van der Waals surface area contributed by atoms with E-state index < -0.39 is 0 Å². The molecule has 0 aliphatic carbocycles. The van der Waals surface area contributed by atoms with E-state index in [-0.39, 0.29) is 6.61 Å². The number of hydrogen-bond acceptors (Lipinski definition) is 6. The van der Waals surface area contributed by atoms with E-state index in [4.69, 9.17) is 19.0 Å². The third-order valence-corrected chi connectivity index (χ3v) is 2.55. The van der Waals surface area contributed by atoms with E-state index in [2.05, 4.69) is 10.2 Å². The third kappa shape index (κ3) is 4.24. The highest BCUT2D eigenvalue weighted by molar-refractivity contribution is 5.31. The highest BCUT2D eigenvalue weighted by Gasteiger charge is 2.05. The fourth-order valence-corrected chi connectivity index (χ4v) is 1.64. The molecule has 0 radical (unpaired) electrons. The Labute approximate surface area is 117 Å². The summed E-state index contributed by atoms with van der Waals surface area (Å²) in [6.45, 7) is 3.05. The van der Waals surface area contributed by atoms with Crippen LogP contribution in [0, 0.1) is 0 Å². The monoisotopic (exact) mass is 278 g/mol. The van der Waals surface area contributed by atoms with Crippen molar-refractivity contribution >= 4 is 0 Å². The van der Waals surface area contributed by atoms with Crippen LogP contribution in [0.3, 0.4) is 0 Å². The first-order chi connectivity index (χ1) is 9.81. The Balaban J connectivity index is 1.76. The van der Waals surface area contributed by atoms with Gasteiger partial charge in [0.25, 0.3) is 0 Å². The van der Waals surface area contributed by atoms with Gasteiger partial charge in [0.05, 0.1) is 26.2 Å². The maximum Gasteiger partial charge on any atom is 0.219 e. The molecule has 6 heteroatoms. The van der Waals surface area contributed by atoms with Gasteiger partial charge in [0.15, 0.2) is 0 Å². The number of ether oxygens (including phenoxy) is 2. The lowest BCUT2D eigenvalue weighted by atomic mass is 10.3. The normalized spacial score (nSPS) is 10.5. The van der Waals surface area contributed by atoms with Crippen molar-refractivity contribution < 1.29 is 19.0 Å². The van der Waals surface area contributed by atoms with E-state index in [0.29, 0.717) is 37.8 Å². The van der Waals surface area contributed by atoms with Crippen molar-refractivity contribution in [1.82, 2.24) is 10.2 Å². The van der Waals surface area contributed by atoms with Crippen LogP contribution in [0.4, 0.5) is 0 Å². The van der Waals surface area contributed by atoms with E-state index in [0.717, 1.165) is 11.5 Å². The van der Waals surface area contributed by atoms with E-state index in [1.54, 1.807) is 0 Å². The molecule has 2 rings (SSSR count). The zero-order chi connectivity index (χ0) is 14.2. The zero-order valence-corrected chi connectivity index (χ0v) is 11.4. The van der Waals surface area contributed by atoms with Crippen molar-refractivity contribution in [2.75, 3.05) is 19.8 Å². The number of aliphatic hydroxyl groups excluding tert-OH is 1. The first kappa shape index (κ1) is 14.3.